The Balaban J connectivity index is 1.75. The van der Waals surface area contributed by atoms with Crippen molar-refractivity contribution in [2.45, 2.75) is 18.1 Å². The first-order valence-corrected chi connectivity index (χ1v) is 14.0. The highest BCUT2D eigenvalue weighted by atomic mass is 35.5. The summed E-state index contributed by atoms with van der Waals surface area (Å²) in [5.74, 6) is 0.899. The van der Waals surface area contributed by atoms with Gasteiger partial charge in [-0.3, -0.25) is 0 Å². The van der Waals surface area contributed by atoms with E-state index >= 15 is 0 Å². The van der Waals surface area contributed by atoms with Crippen LogP contribution in [0.4, 0.5) is 0 Å². The van der Waals surface area contributed by atoms with Gasteiger partial charge in [-0.2, -0.15) is 0 Å². The minimum Gasteiger partial charge on any atom is -0.481 e. The summed E-state index contributed by atoms with van der Waals surface area (Å²) in [6.45, 7) is 0.529. The third-order valence-corrected chi connectivity index (χ3v) is 7.75. The van der Waals surface area contributed by atoms with Crippen molar-refractivity contribution in [2.75, 3.05) is 27.7 Å². The molecule has 6 heteroatoms. The maximum atomic E-state index is 12.9. The number of aliphatic hydroxyl groups is 2. The van der Waals surface area contributed by atoms with Crippen LogP contribution in [-0.4, -0.2) is 53.4 Å². The minimum atomic E-state index is -1.72. The Labute approximate surface area is 246 Å². The van der Waals surface area contributed by atoms with E-state index in [9.17, 15) is 10.2 Å². The van der Waals surface area contributed by atoms with Crippen LogP contribution in [0.15, 0.2) is 109 Å². The lowest BCUT2D eigenvalue weighted by molar-refractivity contribution is -0.0676. The molecular weight excluding hydrogens is 532 g/mol. The summed E-state index contributed by atoms with van der Waals surface area (Å²) >= 11 is 6.16. The van der Waals surface area contributed by atoms with Crippen molar-refractivity contribution >= 4 is 22.4 Å². The lowest BCUT2D eigenvalue weighted by Gasteiger charge is -2.41. The number of fused-ring (bicyclic) bond motifs is 1. The molecule has 0 spiro atoms. The Hall–Kier alpha value is -3.74. The summed E-state index contributed by atoms with van der Waals surface area (Å²) in [5, 5.41) is 27.7. The highest BCUT2D eigenvalue weighted by Crippen LogP contribution is 2.48. The molecule has 0 amide bonds. The predicted molar refractivity (Wildman–Crippen MR) is 166 cm³/mol. The largest absolute Gasteiger partial charge is 0.481 e. The second-order valence-corrected chi connectivity index (χ2v) is 10.9. The Morgan fingerprint density at radius 3 is 2.29 bits per heavy atom. The first kappa shape index (κ1) is 28.8. The Morgan fingerprint density at radius 2 is 1.59 bits per heavy atom. The number of hydrogen-bond donors (Lipinski definition) is 2. The van der Waals surface area contributed by atoms with E-state index in [0.29, 0.717) is 34.5 Å². The zero-order valence-corrected chi connectivity index (χ0v) is 24.2. The molecule has 2 atom stereocenters. The van der Waals surface area contributed by atoms with Gasteiger partial charge in [0.25, 0.3) is 0 Å². The van der Waals surface area contributed by atoms with Crippen LogP contribution in [0.3, 0.4) is 0 Å². The van der Waals surface area contributed by atoms with Crippen LogP contribution in [0.25, 0.3) is 21.9 Å². The van der Waals surface area contributed by atoms with E-state index in [4.69, 9.17) is 16.3 Å². The molecule has 5 aromatic rings. The van der Waals surface area contributed by atoms with Crippen LogP contribution in [0, 0.1) is 5.92 Å². The second-order valence-electron chi connectivity index (χ2n) is 10.5. The number of halogens is 1. The molecule has 209 valence electrons. The van der Waals surface area contributed by atoms with Gasteiger partial charge in [0.15, 0.2) is 0 Å². The molecule has 0 aliphatic carbocycles. The average Bonchev–Trinajstić information content (AvgIpc) is 3.00. The number of rotatable bonds is 10. The standard InChI is InChI=1S/C35H34ClN2O3/c1-38(2)21-20-35(40,33(39)30-15-9-13-25-10-7-8-14-29(25)30)32(26-11-5-4-6-12-26)31-22-27(23-37-34(31)41-3)24-16-18-28(36)19-17-24/h4-19,22-23,33,39-40H,20-21H2,1-3H3. The quantitative estimate of drug-likeness (QED) is 0.192. The molecule has 0 bridgehead atoms. The number of ether oxygens (including phenoxy) is 1. The fraction of sp³-hybridized carbons (Fsp3) is 0.200. The van der Waals surface area contributed by atoms with Crippen LogP contribution in [0.2, 0.25) is 5.02 Å². The first-order valence-electron chi connectivity index (χ1n) is 13.6. The van der Waals surface area contributed by atoms with Crippen molar-refractivity contribution in [3.63, 3.8) is 0 Å². The van der Waals surface area contributed by atoms with Gasteiger partial charge in [-0.1, -0.05) is 96.5 Å². The van der Waals surface area contributed by atoms with Gasteiger partial charge in [-0.15, -0.1) is 0 Å². The fourth-order valence-corrected chi connectivity index (χ4v) is 5.50. The topological polar surface area (TPSA) is 65.8 Å². The molecule has 5 nitrogen and oxygen atoms in total. The molecule has 4 aromatic carbocycles. The first-order chi connectivity index (χ1) is 19.8. The van der Waals surface area contributed by atoms with Gasteiger partial charge >= 0.3 is 0 Å². The highest BCUT2D eigenvalue weighted by Gasteiger charge is 2.48. The third-order valence-electron chi connectivity index (χ3n) is 7.50. The van der Waals surface area contributed by atoms with Crippen LogP contribution in [0.1, 0.15) is 29.2 Å². The molecular formula is C35H34ClN2O3. The Bertz CT molecular complexity index is 1600. The maximum Gasteiger partial charge on any atom is 0.217 e. The van der Waals surface area contributed by atoms with E-state index in [1.807, 2.05) is 122 Å². The van der Waals surface area contributed by atoms with Gasteiger partial charge in [0.05, 0.1) is 13.0 Å². The van der Waals surface area contributed by atoms with Crippen molar-refractivity contribution < 1.29 is 14.9 Å². The molecule has 2 N–H and O–H groups in total. The predicted octanol–water partition coefficient (Wildman–Crippen LogP) is 6.95. The normalized spacial score (nSPS) is 13.9. The molecule has 2 unspecified atom stereocenters. The fourth-order valence-electron chi connectivity index (χ4n) is 5.38. The van der Waals surface area contributed by atoms with Gasteiger partial charge in [0.1, 0.15) is 11.7 Å². The van der Waals surface area contributed by atoms with Crippen LogP contribution in [0.5, 0.6) is 5.88 Å². The van der Waals surface area contributed by atoms with E-state index in [1.54, 1.807) is 13.3 Å². The van der Waals surface area contributed by atoms with Crippen LogP contribution in [-0.2, 0) is 0 Å². The summed E-state index contributed by atoms with van der Waals surface area (Å²) in [6, 6.07) is 32.9. The maximum absolute atomic E-state index is 12.9. The molecule has 0 fully saturated rings. The third kappa shape index (κ3) is 5.99. The van der Waals surface area contributed by atoms with Crippen molar-refractivity contribution in [3.8, 4) is 17.0 Å². The van der Waals surface area contributed by atoms with Crippen molar-refractivity contribution in [1.29, 1.82) is 0 Å². The molecule has 5 rings (SSSR count). The van der Waals surface area contributed by atoms with Crippen molar-refractivity contribution in [2.24, 2.45) is 0 Å². The van der Waals surface area contributed by atoms with E-state index in [2.05, 4.69) is 4.98 Å². The van der Waals surface area contributed by atoms with E-state index in [0.717, 1.165) is 27.5 Å². The van der Waals surface area contributed by atoms with Crippen LogP contribution >= 0.6 is 11.6 Å². The van der Waals surface area contributed by atoms with Gasteiger partial charge in [-0.25, -0.2) is 4.98 Å². The molecule has 1 heterocycles. The zero-order valence-electron chi connectivity index (χ0n) is 23.5. The van der Waals surface area contributed by atoms with Gasteiger partial charge in [0, 0.05) is 28.9 Å². The average molecular weight is 566 g/mol. The van der Waals surface area contributed by atoms with Crippen LogP contribution < -0.4 is 4.74 Å². The van der Waals surface area contributed by atoms with Gasteiger partial charge < -0.3 is 19.8 Å². The summed E-state index contributed by atoms with van der Waals surface area (Å²) < 4.78 is 5.78. The number of aliphatic hydroxyl groups excluding tert-OH is 1. The number of nitrogens with zero attached hydrogens (tertiary/aromatic N) is 2. The van der Waals surface area contributed by atoms with E-state index < -0.39 is 11.7 Å². The lowest BCUT2D eigenvalue weighted by Crippen LogP contribution is -2.46. The number of pyridine rings is 1. The molecule has 41 heavy (non-hydrogen) atoms. The Kier molecular flexibility index (Phi) is 8.71. The Morgan fingerprint density at radius 1 is 0.902 bits per heavy atom. The van der Waals surface area contributed by atoms with Crippen molar-refractivity contribution in [1.82, 2.24) is 9.88 Å². The molecule has 0 aliphatic rings. The lowest BCUT2D eigenvalue weighted by atomic mass is 9.70. The zero-order chi connectivity index (χ0) is 29.0. The summed E-state index contributed by atoms with van der Waals surface area (Å²) in [4.78, 5) is 6.66. The SMILES string of the molecule is COc1ncc(-c2ccc(Cl)cc2)cc1[C](c1ccccc1)C(O)(CCN(C)C)C(O)c1cccc2ccccc12. The molecule has 1 radical (unpaired) electrons. The second kappa shape index (κ2) is 12.4. The van der Waals surface area contributed by atoms with E-state index in [1.165, 1.54) is 0 Å². The molecule has 0 saturated heterocycles. The summed E-state index contributed by atoms with van der Waals surface area (Å²) in [5.41, 5.74) is 2.06. The molecule has 0 aliphatic heterocycles. The summed E-state index contributed by atoms with van der Waals surface area (Å²) in [6.07, 6.45) is 0.740. The van der Waals surface area contributed by atoms with Crippen molar-refractivity contribution in [3.05, 3.63) is 137 Å². The number of hydrogen-bond acceptors (Lipinski definition) is 5. The van der Waals surface area contributed by atoms with E-state index in [-0.39, 0.29) is 6.42 Å². The monoisotopic (exact) mass is 565 g/mol. The van der Waals surface area contributed by atoms with Gasteiger partial charge in [-0.05, 0) is 66.2 Å². The number of methoxy groups -OCH3 is 1. The number of benzene rings is 4. The minimum absolute atomic E-state index is 0.253. The summed E-state index contributed by atoms with van der Waals surface area (Å²) in [7, 11) is 5.48. The number of aromatic nitrogens is 1. The molecule has 0 saturated carbocycles. The highest BCUT2D eigenvalue weighted by molar-refractivity contribution is 6.30. The molecule has 1 aromatic heterocycles. The smallest absolute Gasteiger partial charge is 0.217 e. The van der Waals surface area contributed by atoms with Gasteiger partial charge in [0.2, 0.25) is 5.88 Å².